The van der Waals surface area contributed by atoms with Gasteiger partial charge in [0, 0.05) is 13.1 Å². The summed E-state index contributed by atoms with van der Waals surface area (Å²) >= 11 is 1.28. The molecular weight excluding hydrogens is 306 g/mol. The first-order chi connectivity index (χ1) is 10.5. The van der Waals surface area contributed by atoms with Crippen LogP contribution in [0.25, 0.3) is 10.2 Å². The molecule has 1 aliphatic heterocycles. The highest BCUT2D eigenvalue weighted by Gasteiger charge is 2.35. The number of aryl methyl sites for hydroxylation is 1. The molecule has 0 bridgehead atoms. The minimum Gasteiger partial charge on any atom is -0.481 e. The van der Waals surface area contributed by atoms with E-state index in [1.54, 1.807) is 6.92 Å². The quantitative estimate of drug-likeness (QED) is 0.857. The summed E-state index contributed by atoms with van der Waals surface area (Å²) < 4.78 is 5.06. The van der Waals surface area contributed by atoms with Crippen molar-refractivity contribution in [3.8, 4) is 0 Å². The van der Waals surface area contributed by atoms with Crippen LogP contribution >= 0.6 is 11.3 Å². The normalized spacial score (nSPS) is 14.9. The SMILES string of the molecule is CCOC(=O)c1sc2ncnc(N3CC(C(=O)O)C3)c2c1C. The van der Waals surface area contributed by atoms with Crippen LogP contribution in [0.1, 0.15) is 22.2 Å². The average Bonchev–Trinajstić information content (AvgIpc) is 2.75. The zero-order chi connectivity index (χ0) is 15.9. The van der Waals surface area contributed by atoms with E-state index in [0.29, 0.717) is 35.2 Å². The number of carboxylic acids is 1. The summed E-state index contributed by atoms with van der Waals surface area (Å²) in [5.41, 5.74) is 0.785. The van der Waals surface area contributed by atoms with E-state index in [4.69, 9.17) is 9.84 Å². The molecule has 0 radical (unpaired) electrons. The Bertz CT molecular complexity index is 752. The number of thiophene rings is 1. The molecule has 1 aliphatic rings. The van der Waals surface area contributed by atoms with E-state index in [9.17, 15) is 9.59 Å². The molecule has 1 fully saturated rings. The number of rotatable bonds is 4. The van der Waals surface area contributed by atoms with Crippen molar-refractivity contribution < 1.29 is 19.4 Å². The van der Waals surface area contributed by atoms with E-state index in [1.165, 1.54) is 17.7 Å². The monoisotopic (exact) mass is 321 g/mol. The number of carboxylic acid groups (broad SMARTS) is 1. The average molecular weight is 321 g/mol. The zero-order valence-corrected chi connectivity index (χ0v) is 13.0. The van der Waals surface area contributed by atoms with E-state index in [0.717, 1.165) is 10.9 Å². The number of hydrogen-bond donors (Lipinski definition) is 1. The van der Waals surface area contributed by atoms with Crippen molar-refractivity contribution in [2.24, 2.45) is 5.92 Å². The number of nitrogens with zero attached hydrogens (tertiary/aromatic N) is 3. The number of esters is 1. The molecule has 0 atom stereocenters. The lowest BCUT2D eigenvalue weighted by molar-refractivity contribution is -0.142. The van der Waals surface area contributed by atoms with Gasteiger partial charge in [-0.2, -0.15) is 0 Å². The van der Waals surface area contributed by atoms with Gasteiger partial charge in [-0.25, -0.2) is 14.8 Å². The van der Waals surface area contributed by atoms with Crippen molar-refractivity contribution in [3.63, 3.8) is 0 Å². The molecule has 0 spiro atoms. The van der Waals surface area contributed by atoms with Gasteiger partial charge in [0.25, 0.3) is 0 Å². The van der Waals surface area contributed by atoms with E-state index < -0.39 is 5.97 Å². The lowest BCUT2D eigenvalue weighted by atomic mass is 10.00. The molecule has 0 aromatic carbocycles. The first-order valence-corrected chi connectivity index (χ1v) is 7.73. The van der Waals surface area contributed by atoms with E-state index in [-0.39, 0.29) is 11.9 Å². The molecule has 3 heterocycles. The van der Waals surface area contributed by atoms with E-state index in [2.05, 4.69) is 9.97 Å². The molecule has 1 N–H and O–H groups in total. The number of aliphatic carboxylic acids is 1. The fourth-order valence-corrected chi connectivity index (χ4v) is 3.53. The number of fused-ring (bicyclic) bond motifs is 1. The number of carbonyl (C=O) groups is 2. The van der Waals surface area contributed by atoms with Crippen molar-refractivity contribution in [2.75, 3.05) is 24.6 Å². The Morgan fingerprint density at radius 1 is 1.45 bits per heavy atom. The highest BCUT2D eigenvalue weighted by atomic mass is 32.1. The van der Waals surface area contributed by atoms with Crippen LogP contribution in [-0.4, -0.2) is 46.7 Å². The Morgan fingerprint density at radius 3 is 2.82 bits per heavy atom. The number of anilines is 1. The summed E-state index contributed by atoms with van der Waals surface area (Å²) in [6, 6.07) is 0. The van der Waals surface area contributed by atoms with Crippen LogP contribution in [0.2, 0.25) is 0 Å². The molecule has 3 rings (SSSR count). The van der Waals surface area contributed by atoms with Gasteiger partial charge in [0.1, 0.15) is 21.9 Å². The Hall–Kier alpha value is -2.22. The molecule has 2 aromatic heterocycles. The van der Waals surface area contributed by atoms with Crippen LogP contribution < -0.4 is 4.90 Å². The van der Waals surface area contributed by atoms with Crippen molar-refractivity contribution in [1.82, 2.24) is 9.97 Å². The molecule has 0 amide bonds. The lowest BCUT2D eigenvalue weighted by Crippen LogP contribution is -2.50. The van der Waals surface area contributed by atoms with Gasteiger partial charge in [0.15, 0.2) is 0 Å². The standard InChI is InChI=1S/C14H15N3O4S/c1-3-21-14(20)10-7(2)9-11(15-6-16-12(9)22-10)17-4-8(5-17)13(18)19/h6,8H,3-5H2,1-2H3,(H,18,19). The molecule has 7 nitrogen and oxygen atoms in total. The van der Waals surface area contributed by atoms with Gasteiger partial charge in [-0.3, -0.25) is 4.79 Å². The molecule has 22 heavy (non-hydrogen) atoms. The summed E-state index contributed by atoms with van der Waals surface area (Å²) in [5, 5.41) is 9.79. The molecule has 0 saturated carbocycles. The van der Waals surface area contributed by atoms with Gasteiger partial charge in [-0.15, -0.1) is 11.3 Å². The van der Waals surface area contributed by atoms with E-state index >= 15 is 0 Å². The van der Waals surface area contributed by atoms with Crippen molar-refractivity contribution >= 4 is 39.3 Å². The third-order valence-corrected chi connectivity index (χ3v) is 4.88. The van der Waals surface area contributed by atoms with Crippen molar-refractivity contribution in [1.29, 1.82) is 0 Å². The van der Waals surface area contributed by atoms with Crippen LogP contribution in [0.4, 0.5) is 5.82 Å². The maximum Gasteiger partial charge on any atom is 0.348 e. The van der Waals surface area contributed by atoms with Crippen molar-refractivity contribution in [2.45, 2.75) is 13.8 Å². The minimum absolute atomic E-state index is 0.317. The lowest BCUT2D eigenvalue weighted by Gasteiger charge is -2.37. The molecule has 0 aliphatic carbocycles. The Balaban J connectivity index is 1.99. The Morgan fingerprint density at radius 2 is 2.18 bits per heavy atom. The zero-order valence-electron chi connectivity index (χ0n) is 12.2. The maximum absolute atomic E-state index is 12.0. The van der Waals surface area contributed by atoms with Crippen LogP contribution in [0.5, 0.6) is 0 Å². The summed E-state index contributed by atoms with van der Waals surface area (Å²) in [4.78, 5) is 34.6. The molecule has 0 unspecified atom stereocenters. The van der Waals surface area contributed by atoms with Crippen LogP contribution in [-0.2, 0) is 9.53 Å². The highest BCUT2D eigenvalue weighted by Crippen LogP contribution is 2.37. The second-order valence-corrected chi connectivity index (χ2v) is 6.09. The fraction of sp³-hybridized carbons (Fsp3) is 0.429. The van der Waals surface area contributed by atoms with Crippen LogP contribution in [0.3, 0.4) is 0 Å². The second kappa shape index (κ2) is 5.53. The number of carbonyl (C=O) groups excluding carboxylic acids is 1. The number of aromatic nitrogens is 2. The second-order valence-electron chi connectivity index (χ2n) is 5.09. The summed E-state index contributed by atoms with van der Waals surface area (Å²) in [7, 11) is 0. The molecule has 8 heteroatoms. The third kappa shape index (κ3) is 2.29. The topological polar surface area (TPSA) is 92.6 Å². The minimum atomic E-state index is -0.796. The third-order valence-electron chi connectivity index (χ3n) is 3.70. The number of ether oxygens (including phenoxy) is 1. The smallest absolute Gasteiger partial charge is 0.348 e. The predicted octanol–water partition coefficient (Wildman–Crippen LogP) is 1.70. The van der Waals surface area contributed by atoms with Gasteiger partial charge in [-0.1, -0.05) is 0 Å². The maximum atomic E-state index is 12.0. The van der Waals surface area contributed by atoms with E-state index in [1.807, 2.05) is 11.8 Å². The van der Waals surface area contributed by atoms with Gasteiger partial charge < -0.3 is 14.7 Å². The summed E-state index contributed by atoms with van der Waals surface area (Å²) in [5.74, 6) is -0.836. The largest absolute Gasteiger partial charge is 0.481 e. The fourth-order valence-electron chi connectivity index (χ4n) is 2.49. The highest BCUT2D eigenvalue weighted by molar-refractivity contribution is 7.20. The first kappa shape index (κ1) is 14.7. The van der Waals surface area contributed by atoms with Crippen LogP contribution in [0, 0.1) is 12.8 Å². The van der Waals surface area contributed by atoms with Gasteiger partial charge in [0.05, 0.1) is 17.9 Å². The van der Waals surface area contributed by atoms with Gasteiger partial charge in [-0.05, 0) is 19.4 Å². The summed E-state index contributed by atoms with van der Waals surface area (Å²) in [6.07, 6.45) is 1.44. The molecule has 116 valence electrons. The Labute approximate surface area is 130 Å². The molecule has 1 saturated heterocycles. The van der Waals surface area contributed by atoms with Crippen LogP contribution in [0.15, 0.2) is 6.33 Å². The van der Waals surface area contributed by atoms with Gasteiger partial charge in [0.2, 0.25) is 0 Å². The molecule has 2 aromatic rings. The van der Waals surface area contributed by atoms with Gasteiger partial charge >= 0.3 is 11.9 Å². The molecular formula is C14H15N3O4S. The Kier molecular flexibility index (Phi) is 3.69. The summed E-state index contributed by atoms with van der Waals surface area (Å²) in [6.45, 7) is 4.76. The predicted molar refractivity (Wildman–Crippen MR) is 81.4 cm³/mol. The first-order valence-electron chi connectivity index (χ1n) is 6.91. The number of hydrogen-bond acceptors (Lipinski definition) is 7. The van der Waals surface area contributed by atoms with Crippen molar-refractivity contribution in [3.05, 3.63) is 16.8 Å².